The van der Waals surface area contributed by atoms with Crippen LogP contribution in [0.15, 0.2) is 36.8 Å². The van der Waals surface area contributed by atoms with Gasteiger partial charge >= 0.3 is 0 Å². The van der Waals surface area contributed by atoms with Crippen LogP contribution in [0.4, 0.5) is 4.39 Å². The fraction of sp³-hybridized carbons (Fsp3) is 0.368. The van der Waals surface area contributed by atoms with E-state index < -0.39 is 36.0 Å². The molecular formula is C19H19ClFN3O4. The van der Waals surface area contributed by atoms with Gasteiger partial charge in [-0.05, 0) is 43.7 Å². The van der Waals surface area contributed by atoms with Crippen molar-refractivity contribution < 1.29 is 24.4 Å². The number of aryl methyl sites for hydroxylation is 1. The molecule has 1 aromatic carbocycles. The van der Waals surface area contributed by atoms with Crippen LogP contribution in [0.2, 0.25) is 5.02 Å². The van der Waals surface area contributed by atoms with E-state index in [-0.39, 0.29) is 10.6 Å². The first-order valence-electron chi connectivity index (χ1n) is 8.68. The highest BCUT2D eigenvalue weighted by Gasteiger charge is 2.55. The Hall–Kier alpha value is -2.10. The lowest BCUT2D eigenvalue weighted by Gasteiger charge is -2.29. The monoisotopic (exact) mass is 407 g/mol. The van der Waals surface area contributed by atoms with E-state index in [1.54, 1.807) is 16.8 Å². The number of fused-ring (bicyclic) bond motifs is 1. The summed E-state index contributed by atoms with van der Waals surface area (Å²) < 4.78 is 21.1. The maximum Gasteiger partial charge on any atom is 0.164 e. The summed E-state index contributed by atoms with van der Waals surface area (Å²) in [6.45, 7) is 3.19. The van der Waals surface area contributed by atoms with Crippen molar-refractivity contribution in [3.05, 3.63) is 58.9 Å². The molecule has 0 radical (unpaired) electrons. The highest BCUT2D eigenvalue weighted by molar-refractivity contribution is 6.30. The number of aromatic nitrogens is 3. The van der Waals surface area contributed by atoms with E-state index in [1.807, 2.05) is 6.92 Å². The summed E-state index contributed by atoms with van der Waals surface area (Å²) in [7, 11) is 0. The van der Waals surface area contributed by atoms with Gasteiger partial charge in [-0.1, -0.05) is 11.6 Å². The SMILES string of the molecule is Cc1ncnc2c1ccn2[C@@H]1O[C@H]([C@@H](O)c2cc(F)cc(Cl)c2)[C@@](C)(O)[C@H]1O. The van der Waals surface area contributed by atoms with Gasteiger partial charge in [0.2, 0.25) is 0 Å². The molecule has 3 aromatic rings. The largest absolute Gasteiger partial charge is 0.386 e. The average Bonchev–Trinajstić information content (AvgIpc) is 3.14. The zero-order valence-corrected chi connectivity index (χ0v) is 15.9. The lowest BCUT2D eigenvalue weighted by Crippen LogP contribution is -2.47. The Labute approximate surface area is 165 Å². The van der Waals surface area contributed by atoms with Crippen molar-refractivity contribution in [2.24, 2.45) is 0 Å². The summed E-state index contributed by atoms with van der Waals surface area (Å²) in [5.41, 5.74) is -0.398. The van der Waals surface area contributed by atoms with Gasteiger partial charge in [-0.25, -0.2) is 14.4 Å². The molecule has 7 nitrogen and oxygen atoms in total. The third kappa shape index (κ3) is 2.98. The Morgan fingerprint density at radius 1 is 1.32 bits per heavy atom. The number of nitrogens with zero attached hydrogens (tertiary/aromatic N) is 3. The Morgan fingerprint density at radius 2 is 2.07 bits per heavy atom. The van der Waals surface area contributed by atoms with Crippen LogP contribution in [0.3, 0.4) is 0 Å². The van der Waals surface area contributed by atoms with Crippen LogP contribution in [0.25, 0.3) is 11.0 Å². The molecule has 1 saturated heterocycles. The summed E-state index contributed by atoms with van der Waals surface area (Å²) in [4.78, 5) is 8.36. The topological polar surface area (TPSA) is 101 Å². The number of aliphatic hydroxyl groups excluding tert-OH is 2. The second kappa shape index (κ2) is 6.75. The molecule has 1 aliphatic heterocycles. The molecule has 0 amide bonds. The summed E-state index contributed by atoms with van der Waals surface area (Å²) in [6.07, 6.45) is -1.96. The van der Waals surface area contributed by atoms with Crippen molar-refractivity contribution in [2.45, 2.75) is 44.0 Å². The van der Waals surface area contributed by atoms with E-state index >= 15 is 0 Å². The van der Waals surface area contributed by atoms with Crippen molar-refractivity contribution in [1.82, 2.24) is 14.5 Å². The predicted octanol–water partition coefficient (Wildman–Crippen LogP) is 2.28. The number of benzene rings is 1. The first-order valence-corrected chi connectivity index (χ1v) is 9.06. The predicted molar refractivity (Wildman–Crippen MR) is 99.2 cm³/mol. The van der Waals surface area contributed by atoms with Crippen LogP contribution in [0, 0.1) is 12.7 Å². The van der Waals surface area contributed by atoms with Gasteiger partial charge in [-0.15, -0.1) is 0 Å². The minimum Gasteiger partial charge on any atom is -0.386 e. The molecule has 0 bridgehead atoms. The van der Waals surface area contributed by atoms with Crippen LogP contribution in [-0.2, 0) is 4.74 Å². The summed E-state index contributed by atoms with van der Waals surface area (Å²) in [6, 6.07) is 5.38. The van der Waals surface area contributed by atoms with E-state index in [4.69, 9.17) is 16.3 Å². The Morgan fingerprint density at radius 3 is 2.79 bits per heavy atom. The molecule has 1 aliphatic rings. The van der Waals surface area contributed by atoms with Crippen molar-refractivity contribution in [2.75, 3.05) is 0 Å². The molecule has 5 atom stereocenters. The third-order valence-corrected chi connectivity index (χ3v) is 5.44. The van der Waals surface area contributed by atoms with Gasteiger partial charge < -0.3 is 24.6 Å². The van der Waals surface area contributed by atoms with Crippen molar-refractivity contribution in [3.8, 4) is 0 Å². The van der Waals surface area contributed by atoms with Gasteiger partial charge in [0.1, 0.15) is 41.7 Å². The summed E-state index contributed by atoms with van der Waals surface area (Å²) >= 11 is 5.87. The van der Waals surface area contributed by atoms with E-state index in [0.717, 1.165) is 23.2 Å². The lowest BCUT2D eigenvalue weighted by atomic mass is 9.88. The first-order chi connectivity index (χ1) is 13.2. The molecular weight excluding hydrogens is 389 g/mol. The molecule has 2 aromatic heterocycles. The smallest absolute Gasteiger partial charge is 0.164 e. The summed E-state index contributed by atoms with van der Waals surface area (Å²) in [5.74, 6) is -0.625. The zero-order chi connectivity index (χ0) is 20.2. The van der Waals surface area contributed by atoms with E-state index in [2.05, 4.69) is 9.97 Å². The fourth-order valence-corrected chi connectivity index (χ4v) is 3.88. The van der Waals surface area contributed by atoms with E-state index in [9.17, 15) is 19.7 Å². The first kappa shape index (κ1) is 19.2. The number of aliphatic hydroxyl groups is 3. The van der Waals surface area contributed by atoms with Gasteiger partial charge in [-0.3, -0.25) is 0 Å². The quantitative estimate of drug-likeness (QED) is 0.615. The molecule has 0 unspecified atom stereocenters. The highest BCUT2D eigenvalue weighted by Crippen LogP contribution is 2.43. The lowest BCUT2D eigenvalue weighted by molar-refractivity contribution is -0.115. The van der Waals surface area contributed by atoms with Crippen LogP contribution in [0.1, 0.15) is 30.5 Å². The number of halogens is 2. The van der Waals surface area contributed by atoms with Gasteiger partial charge in [0.25, 0.3) is 0 Å². The van der Waals surface area contributed by atoms with Crippen LogP contribution in [-0.4, -0.2) is 47.7 Å². The maximum atomic E-state index is 13.7. The molecule has 0 spiro atoms. The molecule has 9 heteroatoms. The zero-order valence-electron chi connectivity index (χ0n) is 15.1. The molecule has 1 fully saturated rings. The standard InChI is InChI=1S/C19H19ClFN3O4/c1-9-13-3-4-24(17(13)23-8-22-9)18-15(26)19(2,27)16(28-18)14(25)10-5-11(20)7-12(21)6-10/h3-8,14-16,18,25-27H,1-2H3/t14-,15-,16+,18+,19-/m0/s1. The average molecular weight is 408 g/mol. The van der Waals surface area contributed by atoms with Gasteiger partial charge in [-0.2, -0.15) is 0 Å². The van der Waals surface area contributed by atoms with Crippen molar-refractivity contribution >= 4 is 22.6 Å². The minimum absolute atomic E-state index is 0.104. The second-order valence-corrected chi connectivity index (χ2v) is 7.62. The molecule has 0 saturated carbocycles. The molecule has 4 rings (SSSR count). The number of ether oxygens (including phenoxy) is 1. The van der Waals surface area contributed by atoms with E-state index in [1.165, 1.54) is 19.3 Å². The van der Waals surface area contributed by atoms with Crippen LogP contribution >= 0.6 is 11.6 Å². The number of rotatable bonds is 3. The molecule has 3 N–H and O–H groups in total. The minimum atomic E-state index is -1.82. The molecule has 0 aliphatic carbocycles. The van der Waals surface area contributed by atoms with Crippen LogP contribution in [0.5, 0.6) is 0 Å². The van der Waals surface area contributed by atoms with Gasteiger partial charge in [0, 0.05) is 16.6 Å². The Kier molecular flexibility index (Phi) is 4.64. The number of hydrogen-bond acceptors (Lipinski definition) is 6. The Bertz CT molecular complexity index is 1020. The van der Waals surface area contributed by atoms with Crippen LogP contribution < -0.4 is 0 Å². The second-order valence-electron chi connectivity index (χ2n) is 7.18. The van der Waals surface area contributed by atoms with Gasteiger partial charge in [0.05, 0.1) is 5.69 Å². The highest BCUT2D eigenvalue weighted by atomic mass is 35.5. The van der Waals surface area contributed by atoms with Crippen molar-refractivity contribution in [1.29, 1.82) is 0 Å². The normalized spacial score (nSPS) is 28.8. The van der Waals surface area contributed by atoms with Gasteiger partial charge in [0.15, 0.2) is 6.23 Å². The van der Waals surface area contributed by atoms with Crippen molar-refractivity contribution in [3.63, 3.8) is 0 Å². The van der Waals surface area contributed by atoms with E-state index in [0.29, 0.717) is 5.65 Å². The third-order valence-electron chi connectivity index (χ3n) is 5.23. The molecule has 28 heavy (non-hydrogen) atoms. The maximum absolute atomic E-state index is 13.7. The fourth-order valence-electron chi connectivity index (χ4n) is 3.65. The molecule has 148 valence electrons. The molecule has 3 heterocycles. The summed E-state index contributed by atoms with van der Waals surface area (Å²) in [5, 5.41) is 33.2. The number of hydrogen-bond donors (Lipinski definition) is 3. The Balaban J connectivity index is 1.72.